The molecule has 16 heavy (non-hydrogen) atoms. The van der Waals surface area contributed by atoms with Crippen LogP contribution in [0.4, 0.5) is 0 Å². The van der Waals surface area contributed by atoms with E-state index in [1.807, 2.05) is 6.07 Å². The minimum atomic E-state index is 0.782. The molecule has 88 valence electrons. The van der Waals surface area contributed by atoms with Gasteiger partial charge in [0.05, 0.1) is 12.8 Å². The third kappa shape index (κ3) is 2.02. The van der Waals surface area contributed by atoms with Crippen molar-refractivity contribution in [1.82, 2.24) is 10.2 Å². The average Bonchev–Trinajstić information content (AvgIpc) is 2.92. The van der Waals surface area contributed by atoms with Gasteiger partial charge in [-0.1, -0.05) is 0 Å². The number of nitrogens with zero attached hydrogens (tertiary/aromatic N) is 1. The van der Waals surface area contributed by atoms with Crippen LogP contribution in [0.3, 0.4) is 0 Å². The van der Waals surface area contributed by atoms with E-state index in [9.17, 15) is 0 Å². The number of fused-ring (bicyclic) bond motifs is 2. The molecule has 2 aliphatic rings. The molecule has 3 heterocycles. The maximum absolute atomic E-state index is 5.37. The van der Waals surface area contributed by atoms with Crippen molar-refractivity contribution >= 4 is 0 Å². The SMILES string of the molecule is CN(Cc1ccco1)CC1CC2CCC1N2. The lowest BCUT2D eigenvalue weighted by Crippen LogP contribution is -2.32. The highest BCUT2D eigenvalue weighted by molar-refractivity contribution is 5.00. The Morgan fingerprint density at radius 1 is 1.50 bits per heavy atom. The molecule has 2 fully saturated rings. The van der Waals surface area contributed by atoms with Crippen LogP contribution >= 0.6 is 0 Å². The van der Waals surface area contributed by atoms with Gasteiger partial charge in [-0.2, -0.15) is 0 Å². The van der Waals surface area contributed by atoms with Crippen molar-refractivity contribution in [2.45, 2.75) is 37.9 Å². The number of furan rings is 1. The fraction of sp³-hybridized carbons (Fsp3) is 0.692. The van der Waals surface area contributed by atoms with Crippen molar-refractivity contribution in [1.29, 1.82) is 0 Å². The molecular formula is C13H20N2O. The average molecular weight is 220 g/mol. The molecule has 1 N–H and O–H groups in total. The summed E-state index contributed by atoms with van der Waals surface area (Å²) < 4.78 is 5.37. The predicted molar refractivity (Wildman–Crippen MR) is 63.1 cm³/mol. The van der Waals surface area contributed by atoms with Crippen molar-refractivity contribution < 1.29 is 4.42 Å². The number of hydrogen-bond acceptors (Lipinski definition) is 3. The molecule has 2 bridgehead atoms. The van der Waals surface area contributed by atoms with Crippen molar-refractivity contribution in [3.63, 3.8) is 0 Å². The van der Waals surface area contributed by atoms with E-state index in [1.54, 1.807) is 6.26 Å². The molecule has 0 saturated carbocycles. The van der Waals surface area contributed by atoms with Crippen molar-refractivity contribution in [3.8, 4) is 0 Å². The first kappa shape index (κ1) is 10.4. The molecule has 2 saturated heterocycles. The standard InChI is InChI=1S/C13H20N2O/c1-15(9-12-3-2-6-16-12)8-10-7-11-4-5-13(10)14-11/h2-3,6,10-11,13-14H,4-5,7-9H2,1H3. The highest BCUT2D eigenvalue weighted by atomic mass is 16.3. The minimum absolute atomic E-state index is 0.782. The summed E-state index contributed by atoms with van der Waals surface area (Å²) in [5, 5.41) is 3.69. The molecule has 0 aliphatic carbocycles. The Morgan fingerprint density at radius 3 is 3.06 bits per heavy atom. The van der Waals surface area contributed by atoms with Crippen LogP contribution in [0, 0.1) is 5.92 Å². The normalized spacial score (nSPS) is 32.8. The Bertz CT molecular complexity index is 336. The van der Waals surface area contributed by atoms with Gasteiger partial charge in [0.1, 0.15) is 5.76 Å². The van der Waals surface area contributed by atoms with Crippen LogP contribution in [0.15, 0.2) is 22.8 Å². The highest BCUT2D eigenvalue weighted by Gasteiger charge is 2.39. The van der Waals surface area contributed by atoms with Crippen LogP contribution in [0.1, 0.15) is 25.0 Å². The summed E-state index contributed by atoms with van der Waals surface area (Å²) in [5.41, 5.74) is 0. The van der Waals surface area contributed by atoms with E-state index in [0.29, 0.717) is 0 Å². The van der Waals surface area contributed by atoms with Crippen LogP contribution in [0.2, 0.25) is 0 Å². The van der Waals surface area contributed by atoms with Gasteiger partial charge in [0, 0.05) is 18.6 Å². The lowest BCUT2D eigenvalue weighted by Gasteiger charge is -2.25. The van der Waals surface area contributed by atoms with E-state index < -0.39 is 0 Å². The van der Waals surface area contributed by atoms with Gasteiger partial charge >= 0.3 is 0 Å². The highest BCUT2D eigenvalue weighted by Crippen LogP contribution is 2.33. The van der Waals surface area contributed by atoms with E-state index in [2.05, 4.69) is 23.3 Å². The summed E-state index contributed by atoms with van der Waals surface area (Å²) in [6, 6.07) is 5.61. The smallest absolute Gasteiger partial charge is 0.117 e. The zero-order chi connectivity index (χ0) is 11.0. The van der Waals surface area contributed by atoms with E-state index in [4.69, 9.17) is 4.42 Å². The van der Waals surface area contributed by atoms with Crippen LogP contribution in [-0.4, -0.2) is 30.6 Å². The van der Waals surface area contributed by atoms with Crippen LogP contribution in [-0.2, 0) is 6.54 Å². The molecule has 1 aromatic rings. The van der Waals surface area contributed by atoms with Gasteiger partial charge < -0.3 is 9.73 Å². The Kier molecular flexibility index (Phi) is 2.74. The molecule has 2 aliphatic heterocycles. The van der Waals surface area contributed by atoms with Crippen LogP contribution in [0.25, 0.3) is 0 Å². The largest absolute Gasteiger partial charge is 0.468 e. The Labute approximate surface area is 96.8 Å². The third-order valence-electron chi connectivity index (χ3n) is 3.98. The first-order chi connectivity index (χ1) is 7.81. The van der Waals surface area contributed by atoms with Gasteiger partial charge in [-0.25, -0.2) is 0 Å². The van der Waals surface area contributed by atoms with E-state index in [-0.39, 0.29) is 0 Å². The zero-order valence-corrected chi connectivity index (χ0v) is 9.86. The van der Waals surface area contributed by atoms with Gasteiger partial charge in [0.15, 0.2) is 0 Å². The molecule has 1 aromatic heterocycles. The van der Waals surface area contributed by atoms with Gasteiger partial charge in [-0.15, -0.1) is 0 Å². The maximum atomic E-state index is 5.37. The van der Waals surface area contributed by atoms with E-state index >= 15 is 0 Å². The van der Waals surface area contributed by atoms with Crippen LogP contribution in [0.5, 0.6) is 0 Å². The summed E-state index contributed by atoms with van der Waals surface area (Å²) in [4.78, 5) is 2.38. The zero-order valence-electron chi connectivity index (χ0n) is 9.86. The molecule has 3 atom stereocenters. The van der Waals surface area contributed by atoms with E-state index in [0.717, 1.165) is 30.3 Å². The van der Waals surface area contributed by atoms with Gasteiger partial charge in [-0.05, 0) is 44.4 Å². The third-order valence-corrected chi connectivity index (χ3v) is 3.98. The van der Waals surface area contributed by atoms with Gasteiger partial charge in [-0.3, -0.25) is 4.90 Å². The van der Waals surface area contributed by atoms with Crippen molar-refractivity contribution in [2.24, 2.45) is 5.92 Å². The second kappa shape index (κ2) is 4.22. The molecule has 3 heteroatoms. The second-order valence-electron chi connectivity index (χ2n) is 5.32. The molecule has 3 rings (SSSR count). The predicted octanol–water partition coefficient (Wildman–Crippen LogP) is 1.85. The summed E-state index contributed by atoms with van der Waals surface area (Å²) in [5.74, 6) is 1.91. The lowest BCUT2D eigenvalue weighted by molar-refractivity contribution is 0.228. The number of hydrogen-bond donors (Lipinski definition) is 1. The van der Waals surface area contributed by atoms with Crippen molar-refractivity contribution in [2.75, 3.05) is 13.6 Å². The summed E-state index contributed by atoms with van der Waals surface area (Å²) in [6.45, 7) is 2.12. The molecule has 0 radical (unpaired) electrons. The number of rotatable bonds is 4. The molecule has 3 unspecified atom stereocenters. The first-order valence-corrected chi connectivity index (χ1v) is 6.28. The summed E-state index contributed by atoms with van der Waals surface area (Å²) in [6.07, 6.45) is 5.89. The van der Waals surface area contributed by atoms with E-state index in [1.165, 1.54) is 25.8 Å². The fourth-order valence-corrected chi connectivity index (χ4v) is 3.27. The Hall–Kier alpha value is -0.800. The van der Waals surface area contributed by atoms with Gasteiger partial charge in [0.25, 0.3) is 0 Å². The maximum Gasteiger partial charge on any atom is 0.117 e. The Morgan fingerprint density at radius 2 is 2.44 bits per heavy atom. The molecular weight excluding hydrogens is 200 g/mol. The quantitative estimate of drug-likeness (QED) is 0.839. The Balaban J connectivity index is 1.51. The summed E-state index contributed by atoms with van der Waals surface area (Å²) in [7, 11) is 2.19. The summed E-state index contributed by atoms with van der Waals surface area (Å²) >= 11 is 0. The molecule has 0 amide bonds. The van der Waals surface area contributed by atoms with Gasteiger partial charge in [0.2, 0.25) is 0 Å². The molecule has 0 spiro atoms. The number of nitrogens with one attached hydrogen (secondary N) is 1. The fourth-order valence-electron chi connectivity index (χ4n) is 3.27. The molecule has 0 aromatic carbocycles. The first-order valence-electron chi connectivity index (χ1n) is 6.28. The minimum Gasteiger partial charge on any atom is -0.468 e. The monoisotopic (exact) mass is 220 g/mol. The lowest BCUT2D eigenvalue weighted by atomic mass is 9.89. The molecule has 3 nitrogen and oxygen atoms in total. The topological polar surface area (TPSA) is 28.4 Å². The van der Waals surface area contributed by atoms with Crippen LogP contribution < -0.4 is 5.32 Å². The second-order valence-corrected chi connectivity index (χ2v) is 5.32. The van der Waals surface area contributed by atoms with Crippen molar-refractivity contribution in [3.05, 3.63) is 24.2 Å².